The van der Waals surface area contributed by atoms with E-state index in [1.54, 1.807) is 7.11 Å². The number of esters is 1. The van der Waals surface area contributed by atoms with E-state index in [1.807, 2.05) is 6.92 Å². The zero-order chi connectivity index (χ0) is 11.7. The molecule has 0 aromatic carbocycles. The predicted octanol–water partition coefficient (Wildman–Crippen LogP) is -0.0750. The van der Waals surface area contributed by atoms with Crippen LogP contribution >= 0.6 is 0 Å². The Morgan fingerprint density at radius 2 is 2.13 bits per heavy atom. The molecule has 0 rings (SSSR count). The first-order valence-electron chi connectivity index (χ1n) is 5.13. The van der Waals surface area contributed by atoms with Gasteiger partial charge >= 0.3 is 5.97 Å². The van der Waals surface area contributed by atoms with Crippen LogP contribution in [0.25, 0.3) is 0 Å². The average Bonchev–Trinajstić information content (AvgIpc) is 2.24. The van der Waals surface area contributed by atoms with Gasteiger partial charge < -0.3 is 19.9 Å². The Kier molecular flexibility index (Phi) is 8.27. The minimum atomic E-state index is -0.488. The van der Waals surface area contributed by atoms with Crippen molar-refractivity contribution in [3.8, 4) is 0 Å². The van der Waals surface area contributed by atoms with E-state index < -0.39 is 6.10 Å². The molecule has 0 aromatic rings. The van der Waals surface area contributed by atoms with Gasteiger partial charge in [0.15, 0.2) is 0 Å². The van der Waals surface area contributed by atoms with E-state index in [1.165, 1.54) is 7.11 Å². The molecule has 15 heavy (non-hydrogen) atoms. The lowest BCUT2D eigenvalue weighted by Gasteiger charge is -2.15. The molecule has 5 heteroatoms. The highest BCUT2D eigenvalue weighted by Crippen LogP contribution is 1.96. The van der Waals surface area contributed by atoms with E-state index in [-0.39, 0.29) is 12.0 Å². The van der Waals surface area contributed by atoms with E-state index in [4.69, 9.17) is 4.74 Å². The van der Waals surface area contributed by atoms with Crippen LogP contribution in [0.3, 0.4) is 0 Å². The summed E-state index contributed by atoms with van der Waals surface area (Å²) < 4.78 is 9.41. The van der Waals surface area contributed by atoms with Gasteiger partial charge in [0.05, 0.1) is 19.8 Å². The molecule has 0 heterocycles. The Morgan fingerprint density at radius 1 is 1.47 bits per heavy atom. The number of aliphatic hydroxyl groups is 1. The zero-order valence-electron chi connectivity index (χ0n) is 9.66. The van der Waals surface area contributed by atoms with Crippen LogP contribution in [0.4, 0.5) is 0 Å². The van der Waals surface area contributed by atoms with E-state index >= 15 is 0 Å². The number of methoxy groups -OCH3 is 2. The smallest absolute Gasteiger partial charge is 0.322 e. The zero-order valence-corrected chi connectivity index (χ0v) is 9.66. The summed E-state index contributed by atoms with van der Waals surface area (Å²) in [6, 6.07) is -0.287. The Hall–Kier alpha value is -0.650. The number of carbonyl (C=O) groups excluding carboxylic acids is 1. The van der Waals surface area contributed by atoms with Gasteiger partial charge in [-0.05, 0) is 19.4 Å². The predicted molar refractivity (Wildman–Crippen MR) is 56.6 cm³/mol. The topological polar surface area (TPSA) is 67.8 Å². The van der Waals surface area contributed by atoms with Crippen molar-refractivity contribution in [3.63, 3.8) is 0 Å². The molecule has 2 atom stereocenters. The van der Waals surface area contributed by atoms with Crippen molar-refractivity contribution in [2.24, 2.45) is 0 Å². The molecule has 0 aliphatic heterocycles. The largest absolute Gasteiger partial charge is 0.468 e. The minimum Gasteiger partial charge on any atom is -0.468 e. The van der Waals surface area contributed by atoms with Crippen molar-refractivity contribution in [2.45, 2.75) is 31.9 Å². The molecule has 2 N–H and O–H groups in total. The van der Waals surface area contributed by atoms with Gasteiger partial charge in [-0.2, -0.15) is 0 Å². The minimum absolute atomic E-state index is 0.265. The molecular weight excluding hydrogens is 198 g/mol. The molecule has 0 aliphatic rings. The van der Waals surface area contributed by atoms with Gasteiger partial charge in [0.25, 0.3) is 0 Å². The Morgan fingerprint density at radius 3 is 2.60 bits per heavy atom. The van der Waals surface area contributed by atoms with Crippen molar-refractivity contribution in [3.05, 3.63) is 0 Å². The fraction of sp³-hybridized carbons (Fsp3) is 0.900. The first kappa shape index (κ1) is 14.3. The normalized spacial score (nSPS) is 14.7. The van der Waals surface area contributed by atoms with Gasteiger partial charge in [-0.3, -0.25) is 4.79 Å². The molecule has 0 aliphatic carbocycles. The summed E-state index contributed by atoms with van der Waals surface area (Å²) in [5.41, 5.74) is 0. The fourth-order valence-corrected chi connectivity index (χ4v) is 1.24. The van der Waals surface area contributed by atoms with Crippen LogP contribution in [0.2, 0.25) is 0 Å². The second kappa shape index (κ2) is 8.64. The van der Waals surface area contributed by atoms with Crippen LogP contribution in [-0.2, 0) is 14.3 Å². The third-order valence-corrected chi connectivity index (χ3v) is 2.12. The standard InChI is InChI=1S/C10H21NO4/c1-4-9(10(13)15-3)11-6-5-8(12)7-14-2/h8-9,11-12H,4-7H2,1-3H3. The molecule has 0 radical (unpaired) electrons. The summed E-state index contributed by atoms with van der Waals surface area (Å²) >= 11 is 0. The molecular formula is C10H21NO4. The molecule has 0 fully saturated rings. The highest BCUT2D eigenvalue weighted by molar-refractivity contribution is 5.75. The van der Waals surface area contributed by atoms with Gasteiger partial charge in [-0.15, -0.1) is 0 Å². The second-order valence-electron chi connectivity index (χ2n) is 3.34. The maximum atomic E-state index is 11.2. The molecule has 0 bridgehead atoms. The van der Waals surface area contributed by atoms with Crippen LogP contribution in [0.15, 0.2) is 0 Å². The van der Waals surface area contributed by atoms with Crippen molar-refractivity contribution >= 4 is 5.97 Å². The number of nitrogens with one attached hydrogen (secondary N) is 1. The van der Waals surface area contributed by atoms with Gasteiger partial charge in [-0.25, -0.2) is 0 Å². The summed E-state index contributed by atoms with van der Waals surface area (Å²) in [6.07, 6.45) is 0.742. The van der Waals surface area contributed by atoms with E-state index in [2.05, 4.69) is 10.1 Å². The monoisotopic (exact) mass is 219 g/mol. The lowest BCUT2D eigenvalue weighted by Crippen LogP contribution is -2.38. The summed E-state index contributed by atoms with van der Waals surface area (Å²) in [6.45, 7) is 2.79. The highest BCUT2D eigenvalue weighted by Gasteiger charge is 2.15. The maximum absolute atomic E-state index is 11.2. The third-order valence-electron chi connectivity index (χ3n) is 2.12. The maximum Gasteiger partial charge on any atom is 0.322 e. The Bertz CT molecular complexity index is 175. The summed E-state index contributed by atoms with van der Waals surface area (Å²) in [7, 11) is 2.91. The highest BCUT2D eigenvalue weighted by atomic mass is 16.5. The number of aliphatic hydroxyl groups excluding tert-OH is 1. The summed E-state index contributed by atoms with van der Waals surface area (Å²) in [5.74, 6) is -0.265. The first-order valence-corrected chi connectivity index (χ1v) is 5.13. The SMILES string of the molecule is CCC(NCCC(O)COC)C(=O)OC. The lowest BCUT2D eigenvalue weighted by atomic mass is 10.2. The van der Waals surface area contributed by atoms with Gasteiger partial charge in [-0.1, -0.05) is 6.92 Å². The molecule has 5 nitrogen and oxygen atoms in total. The molecule has 0 spiro atoms. The average molecular weight is 219 g/mol. The van der Waals surface area contributed by atoms with Crippen molar-refractivity contribution in [1.29, 1.82) is 0 Å². The molecule has 0 saturated carbocycles. The number of ether oxygens (including phenoxy) is 2. The molecule has 90 valence electrons. The third kappa shape index (κ3) is 6.43. The molecule has 0 saturated heterocycles. The van der Waals surface area contributed by atoms with E-state index in [0.29, 0.717) is 26.0 Å². The van der Waals surface area contributed by atoms with Crippen LogP contribution < -0.4 is 5.32 Å². The van der Waals surface area contributed by atoms with E-state index in [0.717, 1.165) is 0 Å². The van der Waals surface area contributed by atoms with Crippen LogP contribution in [0.1, 0.15) is 19.8 Å². The number of carbonyl (C=O) groups is 1. The second-order valence-corrected chi connectivity index (χ2v) is 3.34. The van der Waals surface area contributed by atoms with Crippen molar-refractivity contribution in [1.82, 2.24) is 5.32 Å². The van der Waals surface area contributed by atoms with Gasteiger partial charge in [0.2, 0.25) is 0 Å². The Balaban J connectivity index is 3.67. The molecule has 0 aromatic heterocycles. The summed E-state index contributed by atoms with van der Waals surface area (Å²) in [5, 5.41) is 12.4. The van der Waals surface area contributed by atoms with Gasteiger partial charge in [0, 0.05) is 7.11 Å². The van der Waals surface area contributed by atoms with Crippen molar-refractivity contribution in [2.75, 3.05) is 27.4 Å². The molecule has 2 unspecified atom stereocenters. The fourth-order valence-electron chi connectivity index (χ4n) is 1.24. The number of rotatable bonds is 8. The lowest BCUT2D eigenvalue weighted by molar-refractivity contribution is -0.143. The van der Waals surface area contributed by atoms with Crippen LogP contribution in [0, 0.1) is 0 Å². The Labute approximate surface area is 90.8 Å². The van der Waals surface area contributed by atoms with Crippen molar-refractivity contribution < 1.29 is 19.4 Å². The van der Waals surface area contributed by atoms with Crippen LogP contribution in [0.5, 0.6) is 0 Å². The number of hydrogen-bond donors (Lipinski definition) is 2. The van der Waals surface area contributed by atoms with E-state index in [9.17, 15) is 9.90 Å². The summed E-state index contributed by atoms with van der Waals surface area (Å²) in [4.78, 5) is 11.2. The molecule has 0 amide bonds. The quantitative estimate of drug-likeness (QED) is 0.559. The first-order chi connectivity index (χ1) is 7.15. The van der Waals surface area contributed by atoms with Gasteiger partial charge in [0.1, 0.15) is 6.04 Å². The number of hydrogen-bond acceptors (Lipinski definition) is 5. The van der Waals surface area contributed by atoms with Crippen LogP contribution in [-0.4, -0.2) is 50.6 Å².